The number of methoxy groups -OCH3 is 1. The Balaban J connectivity index is 1.34. The maximum Gasteiger partial charge on any atom is 0.193 e. The summed E-state index contributed by atoms with van der Waals surface area (Å²) in [5, 5.41) is 3.57. The molecule has 0 bridgehead atoms. The summed E-state index contributed by atoms with van der Waals surface area (Å²) in [7, 11) is 3.60. The van der Waals surface area contributed by atoms with Crippen molar-refractivity contribution in [1.82, 2.24) is 10.2 Å². The summed E-state index contributed by atoms with van der Waals surface area (Å²) >= 11 is 1.85. The van der Waals surface area contributed by atoms with Gasteiger partial charge in [-0.15, -0.1) is 11.8 Å². The van der Waals surface area contributed by atoms with Crippen molar-refractivity contribution < 1.29 is 14.2 Å². The highest BCUT2D eigenvalue weighted by molar-refractivity contribution is 7.99. The van der Waals surface area contributed by atoms with Gasteiger partial charge >= 0.3 is 0 Å². The summed E-state index contributed by atoms with van der Waals surface area (Å²) < 4.78 is 17.4. The maximum atomic E-state index is 6.15. The zero-order valence-electron chi connectivity index (χ0n) is 19.3. The molecule has 0 saturated carbocycles. The molecule has 2 saturated heterocycles. The van der Waals surface area contributed by atoms with Gasteiger partial charge in [0.2, 0.25) is 0 Å². The molecule has 1 aromatic carbocycles. The summed E-state index contributed by atoms with van der Waals surface area (Å²) in [6.45, 7) is 6.80. The van der Waals surface area contributed by atoms with Crippen LogP contribution in [0.4, 0.5) is 0 Å². The van der Waals surface area contributed by atoms with Gasteiger partial charge in [0, 0.05) is 43.9 Å². The van der Waals surface area contributed by atoms with Gasteiger partial charge in [0.05, 0.1) is 25.9 Å². The van der Waals surface area contributed by atoms with Crippen molar-refractivity contribution in [2.45, 2.75) is 56.1 Å². The van der Waals surface area contributed by atoms with Gasteiger partial charge in [0.25, 0.3) is 0 Å². The lowest BCUT2D eigenvalue weighted by atomic mass is 10.1. The van der Waals surface area contributed by atoms with Crippen LogP contribution in [0.25, 0.3) is 0 Å². The fourth-order valence-corrected chi connectivity index (χ4v) is 5.09. The Morgan fingerprint density at radius 3 is 2.77 bits per heavy atom. The second-order valence-corrected chi connectivity index (χ2v) is 9.57. The number of nitrogens with zero attached hydrogens (tertiary/aromatic N) is 2. The SMILES string of the molecule is CN=C(NCC(C)CSc1ccccc1OC)N1CCC(OCC2CCCCO2)CC1. The predicted octanol–water partition coefficient (Wildman–Crippen LogP) is 4.05. The van der Waals surface area contributed by atoms with E-state index in [4.69, 9.17) is 14.2 Å². The van der Waals surface area contributed by atoms with E-state index in [1.165, 1.54) is 17.7 Å². The number of hydrogen-bond donors (Lipinski definition) is 1. The predicted molar refractivity (Wildman–Crippen MR) is 128 cm³/mol. The number of guanidine groups is 1. The van der Waals surface area contributed by atoms with Crippen LogP contribution in [0.1, 0.15) is 39.0 Å². The van der Waals surface area contributed by atoms with Crippen molar-refractivity contribution >= 4 is 17.7 Å². The molecule has 6 nitrogen and oxygen atoms in total. The number of aliphatic imine (C=N–C) groups is 1. The lowest BCUT2D eigenvalue weighted by Gasteiger charge is -2.35. The van der Waals surface area contributed by atoms with Gasteiger partial charge < -0.3 is 24.4 Å². The number of ether oxygens (including phenoxy) is 3. The van der Waals surface area contributed by atoms with Crippen LogP contribution in [-0.2, 0) is 9.47 Å². The standard InChI is InChI=1S/C24H39N3O3S/c1-19(18-31-23-10-5-4-9-22(23)28-3)16-26-24(25-2)27-13-11-20(12-14-27)30-17-21-8-6-7-15-29-21/h4-5,9-10,19-21H,6-8,11-18H2,1-3H3,(H,25,26). The number of hydrogen-bond acceptors (Lipinski definition) is 5. The molecule has 2 aliphatic heterocycles. The normalized spacial score (nSPS) is 21.7. The van der Waals surface area contributed by atoms with Crippen LogP contribution >= 0.6 is 11.8 Å². The Morgan fingerprint density at radius 2 is 2.06 bits per heavy atom. The Kier molecular flexibility index (Phi) is 10.3. The van der Waals surface area contributed by atoms with Gasteiger partial charge in [0.15, 0.2) is 5.96 Å². The molecular weight excluding hydrogens is 410 g/mol. The van der Waals surface area contributed by atoms with Crippen molar-refractivity contribution in [3.63, 3.8) is 0 Å². The molecule has 2 fully saturated rings. The van der Waals surface area contributed by atoms with Gasteiger partial charge in [-0.1, -0.05) is 19.1 Å². The van der Waals surface area contributed by atoms with Crippen LogP contribution < -0.4 is 10.1 Å². The quantitative estimate of drug-likeness (QED) is 0.349. The van der Waals surface area contributed by atoms with E-state index in [0.29, 0.717) is 18.1 Å². The van der Waals surface area contributed by atoms with E-state index in [-0.39, 0.29) is 0 Å². The highest BCUT2D eigenvalue weighted by atomic mass is 32.2. The number of benzene rings is 1. The first kappa shape index (κ1) is 24.2. The average molecular weight is 450 g/mol. The third-order valence-corrected chi connectivity index (χ3v) is 7.33. The fourth-order valence-electron chi connectivity index (χ4n) is 4.04. The summed E-state index contributed by atoms with van der Waals surface area (Å²) in [4.78, 5) is 8.07. The molecule has 1 aromatic rings. The third-order valence-electron chi connectivity index (χ3n) is 5.95. The highest BCUT2D eigenvalue weighted by Crippen LogP contribution is 2.29. The molecule has 2 heterocycles. The monoisotopic (exact) mass is 449 g/mol. The van der Waals surface area contributed by atoms with Crippen LogP contribution in [0.15, 0.2) is 34.2 Å². The van der Waals surface area contributed by atoms with E-state index in [0.717, 1.165) is 69.6 Å². The second kappa shape index (κ2) is 13.2. The molecule has 2 atom stereocenters. The fraction of sp³-hybridized carbons (Fsp3) is 0.708. The minimum Gasteiger partial charge on any atom is -0.496 e. The molecule has 174 valence electrons. The number of piperidine rings is 1. The van der Waals surface area contributed by atoms with E-state index in [1.54, 1.807) is 7.11 Å². The molecule has 0 radical (unpaired) electrons. The average Bonchev–Trinajstić information content (AvgIpc) is 2.83. The molecule has 0 aliphatic carbocycles. The van der Waals surface area contributed by atoms with Crippen molar-refractivity contribution in [2.75, 3.05) is 52.8 Å². The Labute approximate surface area is 192 Å². The molecular formula is C24H39N3O3S. The van der Waals surface area contributed by atoms with Crippen LogP contribution in [0.3, 0.4) is 0 Å². The van der Waals surface area contributed by atoms with Crippen LogP contribution in [0.5, 0.6) is 5.75 Å². The first-order valence-corrected chi connectivity index (χ1v) is 12.6. The van der Waals surface area contributed by atoms with Crippen LogP contribution in [-0.4, -0.2) is 75.8 Å². The number of rotatable bonds is 9. The molecule has 3 rings (SSSR count). The molecule has 1 N–H and O–H groups in total. The van der Waals surface area contributed by atoms with Crippen molar-refractivity contribution in [3.05, 3.63) is 24.3 Å². The lowest BCUT2D eigenvalue weighted by molar-refractivity contribution is -0.0721. The molecule has 0 aromatic heterocycles. The molecule has 2 unspecified atom stereocenters. The van der Waals surface area contributed by atoms with Gasteiger partial charge in [0.1, 0.15) is 5.75 Å². The van der Waals surface area contributed by atoms with Gasteiger partial charge in [-0.2, -0.15) is 0 Å². The van der Waals surface area contributed by atoms with Gasteiger partial charge in [-0.3, -0.25) is 4.99 Å². The van der Waals surface area contributed by atoms with Crippen molar-refractivity contribution in [1.29, 1.82) is 0 Å². The Hall–Kier alpha value is -1.44. The van der Waals surface area contributed by atoms with Gasteiger partial charge in [-0.25, -0.2) is 0 Å². The minimum absolute atomic E-state index is 0.302. The molecule has 0 amide bonds. The number of para-hydroxylation sites is 1. The van der Waals surface area contributed by atoms with E-state index >= 15 is 0 Å². The summed E-state index contributed by atoms with van der Waals surface area (Å²) in [6, 6.07) is 8.21. The minimum atomic E-state index is 0.302. The number of nitrogens with one attached hydrogen (secondary N) is 1. The zero-order chi connectivity index (χ0) is 21.9. The van der Waals surface area contributed by atoms with Crippen LogP contribution in [0, 0.1) is 5.92 Å². The maximum absolute atomic E-state index is 6.15. The summed E-state index contributed by atoms with van der Waals surface area (Å²) in [5.41, 5.74) is 0. The third kappa shape index (κ3) is 7.88. The van der Waals surface area contributed by atoms with Crippen molar-refractivity contribution in [3.8, 4) is 5.75 Å². The first-order chi connectivity index (χ1) is 15.2. The lowest BCUT2D eigenvalue weighted by Crippen LogP contribution is -2.48. The zero-order valence-corrected chi connectivity index (χ0v) is 20.2. The molecule has 31 heavy (non-hydrogen) atoms. The highest BCUT2D eigenvalue weighted by Gasteiger charge is 2.24. The van der Waals surface area contributed by atoms with Gasteiger partial charge in [-0.05, 0) is 50.2 Å². The molecule has 0 spiro atoms. The summed E-state index contributed by atoms with van der Waals surface area (Å²) in [6.07, 6.45) is 6.35. The van der Waals surface area contributed by atoms with E-state index in [1.807, 2.05) is 30.9 Å². The first-order valence-electron chi connectivity index (χ1n) is 11.6. The van der Waals surface area contributed by atoms with E-state index in [9.17, 15) is 0 Å². The second-order valence-electron chi connectivity index (χ2n) is 8.50. The Morgan fingerprint density at radius 1 is 1.26 bits per heavy atom. The smallest absolute Gasteiger partial charge is 0.193 e. The molecule has 2 aliphatic rings. The van der Waals surface area contributed by atoms with Crippen molar-refractivity contribution in [2.24, 2.45) is 10.9 Å². The van der Waals surface area contributed by atoms with E-state index in [2.05, 4.69) is 34.3 Å². The topological polar surface area (TPSA) is 55.3 Å². The number of thioether (sulfide) groups is 1. The Bertz CT molecular complexity index is 674. The molecule has 7 heteroatoms. The summed E-state index contributed by atoms with van der Waals surface area (Å²) in [5.74, 6) is 3.50. The van der Waals surface area contributed by atoms with E-state index < -0.39 is 0 Å². The van der Waals surface area contributed by atoms with Crippen LogP contribution in [0.2, 0.25) is 0 Å². The largest absolute Gasteiger partial charge is 0.496 e. The number of likely N-dealkylation sites (tertiary alicyclic amines) is 1.